The molecule has 0 spiro atoms. The SMILES string of the molecule is C[C@@]12OC(=O)[C@]1([C@@H](O)[C@H]1CCC[C@@H](O)C1)NC(=O)[C@]2(C)CCCl. The van der Waals surface area contributed by atoms with Gasteiger partial charge in [-0.3, -0.25) is 4.79 Å². The van der Waals surface area contributed by atoms with E-state index in [2.05, 4.69) is 5.32 Å². The molecule has 23 heavy (non-hydrogen) atoms. The number of carbonyl (C=O) groups is 2. The third kappa shape index (κ3) is 1.94. The second-order valence-corrected chi connectivity index (χ2v) is 7.86. The summed E-state index contributed by atoms with van der Waals surface area (Å²) in [5.41, 5.74) is -3.55. The van der Waals surface area contributed by atoms with Gasteiger partial charge in [0.2, 0.25) is 11.4 Å². The number of aliphatic hydroxyl groups excluding tert-OH is 2. The van der Waals surface area contributed by atoms with Crippen molar-refractivity contribution < 1.29 is 24.5 Å². The summed E-state index contributed by atoms with van der Waals surface area (Å²) < 4.78 is 5.43. The number of hydrogen-bond donors (Lipinski definition) is 3. The Morgan fingerprint density at radius 2 is 2.09 bits per heavy atom. The molecule has 0 bridgehead atoms. The summed E-state index contributed by atoms with van der Waals surface area (Å²) in [6.45, 7) is 3.42. The van der Waals surface area contributed by atoms with E-state index in [1.165, 1.54) is 0 Å². The molecule has 2 aliphatic heterocycles. The molecule has 3 N–H and O–H groups in total. The maximum Gasteiger partial charge on any atom is 0.339 e. The van der Waals surface area contributed by atoms with Crippen LogP contribution >= 0.6 is 11.6 Å². The van der Waals surface area contributed by atoms with E-state index in [0.717, 1.165) is 6.42 Å². The lowest BCUT2D eigenvalue weighted by molar-refractivity contribution is -0.251. The van der Waals surface area contributed by atoms with Crippen molar-refractivity contribution in [1.29, 1.82) is 0 Å². The standard InChI is InChI=1S/C16H24ClNO5/c1-14(6-7-17)12(21)18-16(13(22)23-15(14,16)2)11(20)9-4-3-5-10(19)8-9/h9-11,19-20H,3-8H2,1-2H3,(H,18,21)/t9-,10+,11-,14-,15-,16-/m0/s1. The minimum Gasteiger partial charge on any atom is -0.453 e. The molecule has 130 valence electrons. The molecule has 0 unspecified atom stereocenters. The summed E-state index contributed by atoms with van der Waals surface area (Å²) in [5, 5.41) is 23.6. The largest absolute Gasteiger partial charge is 0.453 e. The summed E-state index contributed by atoms with van der Waals surface area (Å²) in [5.74, 6) is -0.906. The van der Waals surface area contributed by atoms with Crippen LogP contribution < -0.4 is 5.32 Å². The second kappa shape index (κ2) is 5.33. The van der Waals surface area contributed by atoms with Crippen LogP contribution in [-0.2, 0) is 14.3 Å². The number of alkyl halides is 1. The van der Waals surface area contributed by atoms with Gasteiger partial charge in [-0.15, -0.1) is 11.6 Å². The number of nitrogens with one attached hydrogen (secondary N) is 1. The Hall–Kier alpha value is -0.850. The second-order valence-electron chi connectivity index (χ2n) is 7.48. The van der Waals surface area contributed by atoms with Gasteiger partial charge in [0, 0.05) is 5.88 Å². The monoisotopic (exact) mass is 345 g/mol. The molecule has 0 radical (unpaired) electrons. The van der Waals surface area contributed by atoms with Crippen molar-refractivity contribution in [1.82, 2.24) is 5.32 Å². The van der Waals surface area contributed by atoms with Crippen molar-refractivity contribution >= 4 is 23.5 Å². The van der Waals surface area contributed by atoms with Crippen LogP contribution in [0.5, 0.6) is 0 Å². The number of rotatable bonds is 4. The predicted octanol–water partition coefficient (Wildman–Crippen LogP) is 0.718. The summed E-state index contributed by atoms with van der Waals surface area (Å²) in [6, 6.07) is 0. The number of fused-ring (bicyclic) bond motifs is 1. The van der Waals surface area contributed by atoms with Crippen LogP contribution in [0.25, 0.3) is 0 Å². The summed E-state index contributed by atoms with van der Waals surface area (Å²) in [4.78, 5) is 24.9. The van der Waals surface area contributed by atoms with Gasteiger partial charge in [0.1, 0.15) is 0 Å². The van der Waals surface area contributed by atoms with Gasteiger partial charge in [-0.2, -0.15) is 0 Å². The van der Waals surface area contributed by atoms with E-state index in [1.54, 1.807) is 13.8 Å². The van der Waals surface area contributed by atoms with Gasteiger partial charge in [-0.25, -0.2) is 4.79 Å². The summed E-state index contributed by atoms with van der Waals surface area (Å²) in [6.07, 6.45) is 1.43. The number of carbonyl (C=O) groups excluding carboxylic acids is 2. The number of amides is 1. The number of hydrogen-bond acceptors (Lipinski definition) is 5. The minimum absolute atomic E-state index is 0.246. The fourth-order valence-corrected chi connectivity index (χ4v) is 4.98. The summed E-state index contributed by atoms with van der Waals surface area (Å²) in [7, 11) is 0. The Morgan fingerprint density at radius 3 is 2.65 bits per heavy atom. The van der Waals surface area contributed by atoms with Crippen LogP contribution in [0.1, 0.15) is 46.0 Å². The Kier molecular flexibility index (Phi) is 3.93. The van der Waals surface area contributed by atoms with E-state index < -0.39 is 34.7 Å². The van der Waals surface area contributed by atoms with Crippen molar-refractivity contribution in [3.8, 4) is 0 Å². The third-order valence-electron chi connectivity index (χ3n) is 6.41. The third-order valence-corrected chi connectivity index (χ3v) is 6.60. The van der Waals surface area contributed by atoms with Crippen molar-refractivity contribution in [3.05, 3.63) is 0 Å². The first-order valence-electron chi connectivity index (χ1n) is 8.21. The number of halogens is 1. The normalized spacial score (nSPS) is 47.3. The fourth-order valence-electron chi connectivity index (χ4n) is 4.61. The molecule has 2 saturated heterocycles. The highest BCUT2D eigenvalue weighted by Gasteiger charge is 2.83. The van der Waals surface area contributed by atoms with Crippen molar-refractivity contribution in [3.63, 3.8) is 0 Å². The molecule has 0 aromatic rings. The lowest BCUT2D eigenvalue weighted by Gasteiger charge is -2.57. The van der Waals surface area contributed by atoms with E-state index in [0.29, 0.717) is 25.7 Å². The molecule has 3 fully saturated rings. The number of esters is 1. The van der Waals surface area contributed by atoms with Gasteiger partial charge < -0.3 is 20.3 Å². The fraction of sp³-hybridized carbons (Fsp3) is 0.875. The van der Waals surface area contributed by atoms with E-state index in [1.807, 2.05) is 0 Å². The molecule has 2 heterocycles. The molecule has 1 amide bonds. The molecule has 6 atom stereocenters. The first-order valence-corrected chi connectivity index (χ1v) is 8.74. The summed E-state index contributed by atoms with van der Waals surface area (Å²) >= 11 is 5.85. The van der Waals surface area contributed by atoms with Gasteiger partial charge in [0.15, 0.2) is 5.60 Å². The Morgan fingerprint density at radius 1 is 1.39 bits per heavy atom. The highest BCUT2D eigenvalue weighted by atomic mass is 35.5. The molecule has 0 aromatic carbocycles. The molecule has 3 aliphatic rings. The molecule has 1 aliphatic carbocycles. The van der Waals surface area contributed by atoms with Crippen LogP contribution in [0.3, 0.4) is 0 Å². The Bertz CT molecular complexity index is 543. The van der Waals surface area contributed by atoms with Crippen LogP contribution in [0.4, 0.5) is 0 Å². The average Bonchev–Trinajstić information content (AvgIpc) is 2.63. The first kappa shape index (κ1) is 17.0. The van der Waals surface area contributed by atoms with Crippen molar-refractivity contribution in [2.24, 2.45) is 11.3 Å². The molecular weight excluding hydrogens is 322 g/mol. The molecule has 6 nitrogen and oxygen atoms in total. The van der Waals surface area contributed by atoms with Gasteiger partial charge in [-0.1, -0.05) is 6.42 Å². The average molecular weight is 346 g/mol. The van der Waals surface area contributed by atoms with E-state index in [-0.39, 0.29) is 17.7 Å². The molecule has 1 saturated carbocycles. The predicted molar refractivity (Wildman–Crippen MR) is 82.8 cm³/mol. The van der Waals surface area contributed by atoms with Gasteiger partial charge in [-0.05, 0) is 45.4 Å². The lowest BCUT2D eigenvalue weighted by Crippen LogP contribution is -2.81. The highest BCUT2D eigenvalue weighted by Crippen LogP contribution is 2.59. The van der Waals surface area contributed by atoms with Crippen LogP contribution in [0.2, 0.25) is 0 Å². The van der Waals surface area contributed by atoms with Gasteiger partial charge in [0.05, 0.1) is 17.6 Å². The van der Waals surface area contributed by atoms with Gasteiger partial charge in [0.25, 0.3) is 0 Å². The van der Waals surface area contributed by atoms with Crippen molar-refractivity contribution in [2.45, 2.75) is 69.3 Å². The van der Waals surface area contributed by atoms with Crippen molar-refractivity contribution in [2.75, 3.05) is 5.88 Å². The lowest BCUT2D eigenvalue weighted by atomic mass is 9.58. The van der Waals surface area contributed by atoms with E-state index in [4.69, 9.17) is 16.3 Å². The van der Waals surface area contributed by atoms with Crippen LogP contribution in [0.15, 0.2) is 0 Å². The Labute approximate surface area is 140 Å². The zero-order valence-corrected chi connectivity index (χ0v) is 14.2. The maximum absolute atomic E-state index is 12.6. The smallest absolute Gasteiger partial charge is 0.339 e. The Balaban J connectivity index is 1.96. The molecular formula is C16H24ClNO5. The molecule has 7 heteroatoms. The number of ether oxygens (including phenoxy) is 1. The van der Waals surface area contributed by atoms with Crippen LogP contribution in [0, 0.1) is 11.3 Å². The van der Waals surface area contributed by atoms with E-state index >= 15 is 0 Å². The first-order chi connectivity index (χ1) is 10.7. The topological polar surface area (TPSA) is 95.9 Å². The zero-order chi connectivity index (χ0) is 17.0. The quantitative estimate of drug-likeness (QED) is 0.515. The highest BCUT2D eigenvalue weighted by molar-refractivity contribution is 6.18. The zero-order valence-electron chi connectivity index (χ0n) is 13.5. The maximum atomic E-state index is 12.6. The molecule has 0 aromatic heterocycles. The van der Waals surface area contributed by atoms with Crippen LogP contribution in [-0.4, -0.2) is 51.3 Å². The van der Waals surface area contributed by atoms with Gasteiger partial charge >= 0.3 is 5.97 Å². The van der Waals surface area contributed by atoms with E-state index in [9.17, 15) is 19.8 Å². The number of aliphatic hydroxyl groups is 2. The molecule has 3 rings (SSSR count). The minimum atomic E-state index is -1.44.